The second-order valence-corrected chi connectivity index (χ2v) is 3.71. The fourth-order valence-corrected chi connectivity index (χ4v) is 1.44. The first-order chi connectivity index (χ1) is 5.25. The summed E-state index contributed by atoms with van der Waals surface area (Å²) in [6.07, 6.45) is 4.12. The molecule has 3 heteroatoms. The molecule has 0 aliphatic heterocycles. The predicted molar refractivity (Wildman–Crippen MR) is 41.9 cm³/mol. The van der Waals surface area contributed by atoms with Gasteiger partial charge in [-0.3, -0.25) is 4.79 Å². The fraction of sp³-hybridized carbons (Fsp3) is 0.875. The summed E-state index contributed by atoms with van der Waals surface area (Å²) in [4.78, 5) is 11.2. The molecule has 0 aromatic rings. The highest BCUT2D eigenvalue weighted by atomic mass is 16.2. The van der Waals surface area contributed by atoms with Gasteiger partial charge in [0.15, 0.2) is 0 Å². The van der Waals surface area contributed by atoms with Crippen LogP contribution in [0.25, 0.3) is 0 Å². The van der Waals surface area contributed by atoms with Crippen molar-refractivity contribution >= 4 is 5.91 Å². The lowest BCUT2D eigenvalue weighted by atomic mass is 9.87. The van der Waals surface area contributed by atoms with Gasteiger partial charge in [0.2, 0.25) is 5.91 Å². The van der Waals surface area contributed by atoms with Crippen LogP contribution < -0.4 is 11.1 Å². The lowest BCUT2D eigenvalue weighted by molar-refractivity contribution is -0.123. The molecule has 0 bridgehead atoms. The summed E-state index contributed by atoms with van der Waals surface area (Å²) in [6, 6.07) is 0.720. The van der Waals surface area contributed by atoms with Crippen LogP contribution in [0.4, 0.5) is 0 Å². The third kappa shape index (κ3) is 1.53. The number of amides is 1. The summed E-state index contributed by atoms with van der Waals surface area (Å²) in [5, 5.41) is 2.99. The summed E-state index contributed by atoms with van der Waals surface area (Å²) >= 11 is 0. The summed E-state index contributed by atoms with van der Waals surface area (Å²) in [5.41, 5.74) is 5.59. The van der Waals surface area contributed by atoms with E-state index in [1.54, 1.807) is 0 Å². The molecule has 0 atom stereocenters. The maximum absolute atomic E-state index is 11.2. The van der Waals surface area contributed by atoms with Crippen molar-refractivity contribution in [1.29, 1.82) is 0 Å². The van der Waals surface area contributed by atoms with Crippen LogP contribution in [-0.2, 0) is 4.79 Å². The molecule has 0 aromatic heterocycles. The minimum Gasteiger partial charge on any atom is -0.353 e. The molecule has 11 heavy (non-hydrogen) atoms. The first kappa shape index (κ1) is 7.10. The Morgan fingerprint density at radius 3 is 2.45 bits per heavy atom. The Bertz CT molecular complexity index is 171. The van der Waals surface area contributed by atoms with Crippen LogP contribution in [0.1, 0.15) is 25.7 Å². The summed E-state index contributed by atoms with van der Waals surface area (Å²) < 4.78 is 0. The molecule has 3 nitrogen and oxygen atoms in total. The molecule has 2 rings (SSSR count). The molecule has 3 N–H and O–H groups in total. The Balaban J connectivity index is 1.69. The minimum atomic E-state index is 0.252. The number of nitrogens with two attached hydrogens (primary N) is 1. The first-order valence-electron chi connectivity index (χ1n) is 4.31. The van der Waals surface area contributed by atoms with E-state index in [9.17, 15) is 4.79 Å². The largest absolute Gasteiger partial charge is 0.353 e. The van der Waals surface area contributed by atoms with E-state index in [-0.39, 0.29) is 5.91 Å². The van der Waals surface area contributed by atoms with Crippen LogP contribution in [0.15, 0.2) is 0 Å². The van der Waals surface area contributed by atoms with Crippen molar-refractivity contribution in [2.75, 3.05) is 0 Å². The Kier molecular flexibility index (Phi) is 1.60. The van der Waals surface area contributed by atoms with Crippen LogP contribution in [0.3, 0.4) is 0 Å². The number of rotatable bonds is 2. The monoisotopic (exact) mass is 154 g/mol. The highest BCUT2D eigenvalue weighted by Crippen LogP contribution is 2.30. The second-order valence-electron chi connectivity index (χ2n) is 3.71. The van der Waals surface area contributed by atoms with Gasteiger partial charge in [-0.15, -0.1) is 0 Å². The Morgan fingerprint density at radius 2 is 2.00 bits per heavy atom. The van der Waals surface area contributed by atoms with Gasteiger partial charge in [0.05, 0.1) is 0 Å². The first-order valence-corrected chi connectivity index (χ1v) is 4.31. The normalized spacial score (nSPS) is 36.1. The molecule has 2 fully saturated rings. The van der Waals surface area contributed by atoms with Crippen LogP contribution in [0, 0.1) is 5.92 Å². The summed E-state index contributed by atoms with van der Waals surface area (Å²) in [6.45, 7) is 0. The zero-order valence-electron chi connectivity index (χ0n) is 6.55. The number of hydrogen-bond acceptors (Lipinski definition) is 2. The van der Waals surface area contributed by atoms with E-state index < -0.39 is 0 Å². The number of nitrogens with one attached hydrogen (secondary N) is 1. The Hall–Kier alpha value is -0.570. The van der Waals surface area contributed by atoms with Crippen molar-refractivity contribution in [2.24, 2.45) is 11.7 Å². The van der Waals surface area contributed by atoms with Gasteiger partial charge < -0.3 is 11.1 Å². The van der Waals surface area contributed by atoms with Gasteiger partial charge in [-0.25, -0.2) is 0 Å². The molecule has 2 aliphatic rings. The third-order valence-corrected chi connectivity index (χ3v) is 2.47. The van der Waals surface area contributed by atoms with E-state index in [2.05, 4.69) is 5.32 Å². The third-order valence-electron chi connectivity index (χ3n) is 2.47. The maximum atomic E-state index is 11.2. The molecular formula is C8H14N2O. The van der Waals surface area contributed by atoms with Gasteiger partial charge in [-0.05, 0) is 25.7 Å². The molecule has 0 unspecified atom stereocenters. The van der Waals surface area contributed by atoms with Crippen LogP contribution >= 0.6 is 0 Å². The van der Waals surface area contributed by atoms with Gasteiger partial charge in [0, 0.05) is 18.0 Å². The number of carbonyl (C=O) groups excluding carboxylic acids is 1. The smallest absolute Gasteiger partial charge is 0.223 e. The average Bonchev–Trinajstić information content (AvgIpc) is 2.64. The lowest BCUT2D eigenvalue weighted by Crippen LogP contribution is -2.50. The number of hydrogen-bond donors (Lipinski definition) is 2. The molecule has 0 aromatic carbocycles. The standard InChI is InChI=1S/C8H14N2O/c9-6-3-7(4-6)10-8(11)5-1-2-5/h5-7H,1-4,9H2,(H,10,11). The molecule has 62 valence electrons. The molecule has 2 saturated carbocycles. The van der Waals surface area contributed by atoms with Gasteiger partial charge in [0.25, 0.3) is 0 Å². The molecule has 0 radical (unpaired) electrons. The van der Waals surface area contributed by atoms with Crippen molar-refractivity contribution in [2.45, 2.75) is 37.8 Å². The van der Waals surface area contributed by atoms with E-state index in [0.717, 1.165) is 25.7 Å². The van der Waals surface area contributed by atoms with Crippen molar-refractivity contribution in [1.82, 2.24) is 5.32 Å². The molecule has 1 amide bonds. The zero-order valence-corrected chi connectivity index (χ0v) is 6.55. The fourth-order valence-electron chi connectivity index (χ4n) is 1.44. The van der Waals surface area contributed by atoms with E-state index in [1.807, 2.05) is 0 Å². The van der Waals surface area contributed by atoms with Crippen molar-refractivity contribution in [3.63, 3.8) is 0 Å². The summed E-state index contributed by atoms with van der Waals surface area (Å²) in [5.74, 6) is 0.591. The lowest BCUT2D eigenvalue weighted by Gasteiger charge is -2.32. The van der Waals surface area contributed by atoms with Crippen molar-refractivity contribution < 1.29 is 4.79 Å². The summed E-state index contributed by atoms with van der Waals surface area (Å²) in [7, 11) is 0. The Morgan fingerprint density at radius 1 is 1.36 bits per heavy atom. The van der Waals surface area contributed by atoms with Gasteiger partial charge in [-0.2, -0.15) is 0 Å². The molecule has 0 heterocycles. The van der Waals surface area contributed by atoms with E-state index in [4.69, 9.17) is 5.73 Å². The van der Waals surface area contributed by atoms with Gasteiger partial charge in [-0.1, -0.05) is 0 Å². The molecule has 0 saturated heterocycles. The van der Waals surface area contributed by atoms with Crippen LogP contribution in [-0.4, -0.2) is 18.0 Å². The van der Waals surface area contributed by atoms with E-state index in [0.29, 0.717) is 18.0 Å². The quantitative estimate of drug-likeness (QED) is 0.588. The average molecular weight is 154 g/mol. The SMILES string of the molecule is NC1CC(NC(=O)C2CC2)C1. The molecular weight excluding hydrogens is 140 g/mol. The highest BCUT2D eigenvalue weighted by molar-refractivity contribution is 5.81. The van der Waals surface area contributed by atoms with Gasteiger partial charge >= 0.3 is 0 Å². The zero-order chi connectivity index (χ0) is 7.84. The van der Waals surface area contributed by atoms with Gasteiger partial charge in [0.1, 0.15) is 0 Å². The van der Waals surface area contributed by atoms with Crippen LogP contribution in [0.2, 0.25) is 0 Å². The predicted octanol–water partition coefficient (Wildman–Crippen LogP) is 0.00230. The highest BCUT2D eigenvalue weighted by Gasteiger charge is 2.34. The van der Waals surface area contributed by atoms with E-state index in [1.165, 1.54) is 0 Å². The molecule has 2 aliphatic carbocycles. The minimum absolute atomic E-state index is 0.252. The van der Waals surface area contributed by atoms with Crippen molar-refractivity contribution in [3.8, 4) is 0 Å². The van der Waals surface area contributed by atoms with Crippen LogP contribution in [0.5, 0.6) is 0 Å². The molecule has 0 spiro atoms. The van der Waals surface area contributed by atoms with E-state index >= 15 is 0 Å². The second kappa shape index (κ2) is 2.48. The van der Waals surface area contributed by atoms with Crippen molar-refractivity contribution in [3.05, 3.63) is 0 Å². The maximum Gasteiger partial charge on any atom is 0.223 e. The Labute approximate surface area is 66.3 Å². The number of carbonyl (C=O) groups is 1. The topological polar surface area (TPSA) is 55.1 Å².